The molecule has 0 N–H and O–H groups in total. The first-order valence-corrected chi connectivity index (χ1v) is 11.9. The smallest absolute Gasteiger partial charge is 0.416 e. The number of halogens is 4. The van der Waals surface area contributed by atoms with Crippen molar-refractivity contribution in [2.24, 2.45) is 4.36 Å². The van der Waals surface area contributed by atoms with Gasteiger partial charge in [-0.2, -0.15) is 17.5 Å². The number of carbonyl (C=O) groups is 1. The molecule has 8 nitrogen and oxygen atoms in total. The number of alkyl halides is 3. The normalized spacial score (nSPS) is 13.0. The van der Waals surface area contributed by atoms with E-state index in [0.29, 0.717) is 11.8 Å². The van der Waals surface area contributed by atoms with Gasteiger partial charge in [-0.15, -0.1) is 0 Å². The van der Waals surface area contributed by atoms with Crippen LogP contribution in [0.15, 0.2) is 69.9 Å². The monoisotopic (exact) mass is 528 g/mol. The molecule has 3 rings (SSSR count). The molecule has 0 saturated heterocycles. The van der Waals surface area contributed by atoms with Crippen LogP contribution < -0.4 is 9.47 Å². The van der Waals surface area contributed by atoms with Crippen LogP contribution in [0.25, 0.3) is 0 Å². The molecule has 35 heavy (non-hydrogen) atoms. The molecule has 1 atom stereocenters. The fourth-order valence-corrected chi connectivity index (χ4v) is 4.26. The van der Waals surface area contributed by atoms with E-state index in [1.807, 2.05) is 0 Å². The van der Waals surface area contributed by atoms with Crippen molar-refractivity contribution in [1.82, 2.24) is 0 Å². The van der Waals surface area contributed by atoms with Crippen LogP contribution in [-0.2, 0) is 15.9 Å². The van der Waals surface area contributed by atoms with Crippen molar-refractivity contribution in [3.63, 3.8) is 0 Å². The Morgan fingerprint density at radius 2 is 1.69 bits per heavy atom. The average Bonchev–Trinajstić information content (AvgIpc) is 2.79. The number of amides is 1. The summed E-state index contributed by atoms with van der Waals surface area (Å²) in [5.74, 6) is -0.981. The summed E-state index contributed by atoms with van der Waals surface area (Å²) in [6, 6.07) is 11.4. The lowest BCUT2D eigenvalue weighted by molar-refractivity contribution is -0.385. The number of carbonyl (C=O) groups excluding carboxylic acids is 1. The van der Waals surface area contributed by atoms with E-state index in [2.05, 4.69) is 4.36 Å². The Kier molecular flexibility index (Phi) is 7.36. The summed E-state index contributed by atoms with van der Waals surface area (Å²) in [6.45, 7) is 0. The Morgan fingerprint density at radius 3 is 2.23 bits per heavy atom. The van der Waals surface area contributed by atoms with Crippen molar-refractivity contribution in [2.45, 2.75) is 11.1 Å². The number of hydrogen-bond donors (Lipinski definition) is 0. The summed E-state index contributed by atoms with van der Waals surface area (Å²) >= 11 is 5.88. The third kappa shape index (κ3) is 6.08. The molecule has 0 aliphatic heterocycles. The first-order chi connectivity index (χ1) is 16.3. The molecule has 0 spiro atoms. The molecule has 0 aliphatic rings. The highest BCUT2D eigenvalue weighted by atomic mass is 35.5. The van der Waals surface area contributed by atoms with Crippen molar-refractivity contribution < 1.29 is 36.6 Å². The van der Waals surface area contributed by atoms with Crippen LogP contribution in [0.3, 0.4) is 0 Å². The molecule has 0 fully saturated rings. The van der Waals surface area contributed by atoms with E-state index in [9.17, 15) is 32.3 Å². The second-order valence-electron chi connectivity index (χ2n) is 7.06. The Labute approximate surface area is 202 Å². The zero-order chi connectivity index (χ0) is 26.0. The fraction of sp³-hybridized carbons (Fsp3) is 0.136. The highest BCUT2D eigenvalue weighted by Crippen LogP contribution is 2.37. The van der Waals surface area contributed by atoms with E-state index < -0.39 is 43.6 Å². The number of nitrogens with zero attached hydrogens (tertiary/aromatic N) is 2. The van der Waals surface area contributed by atoms with Gasteiger partial charge in [0.05, 0.1) is 32.3 Å². The molecule has 1 amide bonds. The van der Waals surface area contributed by atoms with E-state index in [1.54, 1.807) is 0 Å². The fourth-order valence-electron chi connectivity index (χ4n) is 2.88. The molecule has 13 heteroatoms. The van der Waals surface area contributed by atoms with Gasteiger partial charge >= 0.3 is 6.18 Å². The van der Waals surface area contributed by atoms with Gasteiger partial charge in [0.1, 0.15) is 22.8 Å². The quantitative estimate of drug-likeness (QED) is 0.272. The summed E-state index contributed by atoms with van der Waals surface area (Å²) in [5, 5.41) is 11.1. The minimum atomic E-state index is -4.62. The number of rotatable bonds is 6. The molecular formula is C22H16ClF3N2O6S. The standard InChI is InChI=1S/C22H16ClF3N2O6S/c1-33-14-4-7-16(8-5-14)35(2,32)27-21(29)17-12-15(6-9-19(17)28(30)31)34-20-10-3-13(11-18(20)23)22(24,25)26/h3-12H,1-2H3. The van der Waals surface area contributed by atoms with Gasteiger partial charge in [-0.25, -0.2) is 4.21 Å². The molecule has 1 unspecified atom stereocenters. The van der Waals surface area contributed by atoms with Gasteiger partial charge in [0.25, 0.3) is 11.6 Å². The molecule has 0 aliphatic carbocycles. The van der Waals surface area contributed by atoms with Crippen molar-refractivity contribution in [1.29, 1.82) is 0 Å². The summed E-state index contributed by atoms with van der Waals surface area (Å²) in [5.41, 5.74) is -2.15. The Bertz CT molecular complexity index is 1420. The Balaban J connectivity index is 1.99. The molecule has 0 bridgehead atoms. The van der Waals surface area contributed by atoms with Crippen LogP contribution in [0.4, 0.5) is 18.9 Å². The van der Waals surface area contributed by atoms with E-state index in [4.69, 9.17) is 21.1 Å². The van der Waals surface area contributed by atoms with E-state index in [0.717, 1.165) is 30.3 Å². The zero-order valence-corrected chi connectivity index (χ0v) is 19.6. The van der Waals surface area contributed by atoms with E-state index in [1.165, 1.54) is 37.6 Å². The lowest BCUT2D eigenvalue weighted by atomic mass is 10.1. The predicted molar refractivity (Wildman–Crippen MR) is 122 cm³/mol. The maximum absolute atomic E-state index is 13.0. The first-order valence-electron chi connectivity index (χ1n) is 9.55. The highest BCUT2D eigenvalue weighted by Gasteiger charge is 2.31. The van der Waals surface area contributed by atoms with Crippen LogP contribution >= 0.6 is 11.6 Å². The van der Waals surface area contributed by atoms with Crippen LogP contribution in [0.5, 0.6) is 17.2 Å². The first kappa shape index (κ1) is 26.0. The molecular weight excluding hydrogens is 513 g/mol. The number of nitro benzene ring substituents is 1. The predicted octanol–water partition coefficient (Wildman–Crippen LogP) is 6.37. The number of nitro groups is 1. The largest absolute Gasteiger partial charge is 0.497 e. The lowest BCUT2D eigenvalue weighted by Crippen LogP contribution is -2.07. The van der Waals surface area contributed by atoms with Crippen molar-refractivity contribution in [3.8, 4) is 17.2 Å². The van der Waals surface area contributed by atoms with Crippen LogP contribution in [0.2, 0.25) is 5.02 Å². The van der Waals surface area contributed by atoms with Gasteiger partial charge < -0.3 is 9.47 Å². The molecule has 3 aromatic carbocycles. The Morgan fingerprint density at radius 1 is 1.06 bits per heavy atom. The van der Waals surface area contributed by atoms with Gasteiger partial charge in [-0.1, -0.05) is 11.6 Å². The number of ether oxygens (including phenoxy) is 2. The summed E-state index contributed by atoms with van der Waals surface area (Å²) < 4.78 is 65.7. The van der Waals surface area contributed by atoms with Gasteiger partial charge in [-0.05, 0) is 48.5 Å². The highest BCUT2D eigenvalue weighted by molar-refractivity contribution is 7.93. The molecule has 184 valence electrons. The van der Waals surface area contributed by atoms with Gasteiger partial charge in [-0.3, -0.25) is 14.9 Å². The molecule has 3 aromatic rings. The minimum absolute atomic E-state index is 0.136. The van der Waals surface area contributed by atoms with Crippen molar-refractivity contribution in [3.05, 3.63) is 86.9 Å². The van der Waals surface area contributed by atoms with Crippen LogP contribution in [0.1, 0.15) is 15.9 Å². The van der Waals surface area contributed by atoms with Gasteiger partial charge in [0.15, 0.2) is 0 Å². The third-order valence-corrected chi connectivity index (χ3v) is 6.59. The van der Waals surface area contributed by atoms with Gasteiger partial charge in [0, 0.05) is 23.3 Å². The van der Waals surface area contributed by atoms with Crippen LogP contribution in [0, 0.1) is 10.1 Å². The average molecular weight is 529 g/mol. The summed E-state index contributed by atoms with van der Waals surface area (Å²) in [7, 11) is -1.85. The van der Waals surface area contributed by atoms with E-state index >= 15 is 0 Å². The number of benzene rings is 3. The summed E-state index contributed by atoms with van der Waals surface area (Å²) in [4.78, 5) is 23.6. The molecule has 0 radical (unpaired) electrons. The Hall–Kier alpha value is -3.64. The lowest BCUT2D eigenvalue weighted by Gasteiger charge is -2.12. The van der Waals surface area contributed by atoms with Gasteiger partial charge in [0.2, 0.25) is 0 Å². The second-order valence-corrected chi connectivity index (χ2v) is 9.72. The SMILES string of the molecule is COc1ccc(S(C)(=O)=NC(=O)c2cc(Oc3ccc(C(F)(F)F)cc3Cl)ccc2[N+](=O)[O-])cc1. The molecule has 0 saturated carbocycles. The maximum Gasteiger partial charge on any atom is 0.416 e. The molecule has 0 aromatic heterocycles. The molecule has 0 heterocycles. The third-order valence-electron chi connectivity index (χ3n) is 4.64. The van der Waals surface area contributed by atoms with Crippen LogP contribution in [-0.4, -0.2) is 28.4 Å². The number of methoxy groups -OCH3 is 1. The van der Waals surface area contributed by atoms with Crippen molar-refractivity contribution in [2.75, 3.05) is 13.4 Å². The topological polar surface area (TPSA) is 108 Å². The van der Waals surface area contributed by atoms with E-state index in [-0.39, 0.29) is 21.4 Å². The summed E-state index contributed by atoms with van der Waals surface area (Å²) in [6.07, 6.45) is -3.42. The van der Waals surface area contributed by atoms with Crippen molar-refractivity contribution >= 4 is 32.9 Å². The second kappa shape index (κ2) is 9.92. The minimum Gasteiger partial charge on any atom is -0.497 e. The zero-order valence-electron chi connectivity index (χ0n) is 18.0. The maximum atomic E-state index is 13.0. The number of hydrogen-bond acceptors (Lipinski definition) is 6.